The average molecular weight is 719 g/mol. The fraction of sp³-hybridized carbons (Fsp3) is 1.00. The molecule has 0 aromatic rings. The first kappa shape index (κ1) is 53.1. The Morgan fingerprint density at radius 1 is 0.0980 bits per heavy atom. The summed E-state index contributed by atoms with van der Waals surface area (Å²) in [5.74, 6) is 0. The molecule has 0 radical (unpaired) electrons. The van der Waals surface area contributed by atoms with Gasteiger partial charge in [-0.05, 0) is 0 Å². The fourth-order valence-corrected chi connectivity index (χ4v) is 7.89. The molecule has 0 unspecified atom stereocenters. The minimum absolute atomic E-state index is 1.37. The molecule has 0 atom stereocenters. The highest BCUT2D eigenvalue weighted by atomic mass is 14.0. The molecular weight excluding hydrogens is 613 g/mol. The zero-order valence-electron chi connectivity index (χ0n) is 37.2. The number of rotatable bonds is 45. The van der Waals surface area contributed by atoms with Crippen molar-refractivity contribution in [2.24, 2.45) is 0 Å². The van der Waals surface area contributed by atoms with E-state index in [1.807, 2.05) is 0 Å². The third-order valence-electron chi connectivity index (χ3n) is 11.7. The Morgan fingerprint density at radius 2 is 0.157 bits per heavy atom. The van der Waals surface area contributed by atoms with Crippen molar-refractivity contribution in [3.63, 3.8) is 0 Å². The predicted octanol–water partition coefficient (Wildman–Crippen LogP) is 20.4. The minimum Gasteiger partial charge on any atom is -0.0654 e. The Hall–Kier alpha value is 0. The molecule has 0 heterocycles. The first-order valence-electron chi connectivity index (χ1n) is 25.3. The van der Waals surface area contributed by atoms with Gasteiger partial charge in [0.05, 0.1) is 0 Å². The van der Waals surface area contributed by atoms with Gasteiger partial charge >= 0.3 is 0 Å². The summed E-state index contributed by atoms with van der Waals surface area (Å²) < 4.78 is 0. The van der Waals surface area contributed by atoms with Gasteiger partial charge in [0.2, 0.25) is 0 Å². The number of unbranched alkanes of at least 4 members (excludes halogenated alkanes) is 45. The van der Waals surface area contributed by atoms with E-state index in [1.54, 1.807) is 0 Å². The summed E-state index contributed by atoms with van der Waals surface area (Å²) in [6.07, 6.45) is 69.3. The molecule has 0 N–H and O–H groups in total. The Labute approximate surface area is 328 Å². The molecule has 0 bridgehead atoms. The zero-order valence-corrected chi connectivity index (χ0v) is 37.2. The van der Waals surface area contributed by atoms with Crippen molar-refractivity contribution in [2.75, 3.05) is 0 Å². The summed E-state index contributed by atoms with van der Waals surface area (Å²) in [5.41, 5.74) is 0. The third kappa shape index (κ3) is 56.9. The lowest BCUT2D eigenvalue weighted by atomic mass is 10.0. The Morgan fingerprint density at radius 3 is 0.216 bits per heavy atom. The van der Waals surface area contributed by atoms with Gasteiger partial charge in [0.1, 0.15) is 0 Å². The molecule has 0 aliphatic heterocycles. The van der Waals surface area contributed by atoms with Gasteiger partial charge in [-0.3, -0.25) is 0 Å². The quantitative estimate of drug-likeness (QED) is 0.0550. The summed E-state index contributed by atoms with van der Waals surface area (Å²) >= 11 is 0. The van der Waals surface area contributed by atoms with E-state index in [0.29, 0.717) is 0 Å². The van der Waals surface area contributed by atoms with Crippen LogP contribution in [0.25, 0.3) is 0 Å². The van der Waals surface area contributed by atoms with Crippen LogP contribution in [0.15, 0.2) is 0 Å². The molecule has 0 aromatic heterocycles. The SMILES string of the molecule is CCCCCCCCCCCCCCCCCC.CCCCCCCCCCCCCCCCCCCCCCCCCCCCCCCCC. The molecular formula is C51H106. The molecule has 310 valence electrons. The zero-order chi connectivity index (χ0) is 37.2. The van der Waals surface area contributed by atoms with Crippen molar-refractivity contribution in [3.8, 4) is 0 Å². The minimum atomic E-state index is 1.37. The van der Waals surface area contributed by atoms with Crippen molar-refractivity contribution in [2.45, 2.75) is 329 Å². The van der Waals surface area contributed by atoms with Gasteiger partial charge in [-0.2, -0.15) is 0 Å². The summed E-state index contributed by atoms with van der Waals surface area (Å²) in [6, 6.07) is 0. The second-order valence-electron chi connectivity index (χ2n) is 17.2. The monoisotopic (exact) mass is 719 g/mol. The fourth-order valence-electron chi connectivity index (χ4n) is 7.89. The maximum Gasteiger partial charge on any atom is -0.0533 e. The van der Waals surface area contributed by atoms with Crippen molar-refractivity contribution >= 4 is 0 Å². The molecule has 0 spiro atoms. The van der Waals surface area contributed by atoms with Crippen LogP contribution in [0.2, 0.25) is 0 Å². The standard InChI is InChI=1S/C33H68.C18H38/c1-3-5-7-9-11-13-15-17-19-21-23-25-27-29-31-33-32-30-28-26-24-22-20-18-16-14-12-10-8-6-4-2;1-3-5-7-9-11-13-15-17-18-16-14-12-10-8-6-4-2/h3-33H2,1-2H3;3-18H2,1-2H3. The molecule has 51 heavy (non-hydrogen) atoms. The highest BCUT2D eigenvalue weighted by Gasteiger charge is 1.97. The van der Waals surface area contributed by atoms with Gasteiger partial charge in [-0.25, -0.2) is 0 Å². The largest absolute Gasteiger partial charge is 0.0654 e. The first-order chi connectivity index (χ1) is 25.3. The average Bonchev–Trinajstić information content (AvgIpc) is 3.14. The van der Waals surface area contributed by atoms with Gasteiger partial charge in [0, 0.05) is 0 Å². The van der Waals surface area contributed by atoms with E-state index >= 15 is 0 Å². The smallest absolute Gasteiger partial charge is 0.0533 e. The highest BCUT2D eigenvalue weighted by molar-refractivity contribution is 4.53. The maximum absolute atomic E-state index is 2.31. The lowest BCUT2D eigenvalue weighted by Gasteiger charge is -2.04. The number of hydrogen-bond acceptors (Lipinski definition) is 0. The summed E-state index contributed by atoms with van der Waals surface area (Å²) in [7, 11) is 0. The van der Waals surface area contributed by atoms with Gasteiger partial charge < -0.3 is 0 Å². The van der Waals surface area contributed by atoms with E-state index in [-0.39, 0.29) is 0 Å². The van der Waals surface area contributed by atoms with Crippen LogP contribution in [-0.2, 0) is 0 Å². The molecule has 0 aromatic carbocycles. The Balaban J connectivity index is 0. The van der Waals surface area contributed by atoms with Gasteiger partial charge in [0.15, 0.2) is 0 Å². The van der Waals surface area contributed by atoms with Gasteiger partial charge in [-0.15, -0.1) is 0 Å². The molecule has 0 aliphatic rings. The number of hydrogen-bond donors (Lipinski definition) is 0. The van der Waals surface area contributed by atoms with Crippen molar-refractivity contribution in [1.82, 2.24) is 0 Å². The van der Waals surface area contributed by atoms with Crippen LogP contribution in [-0.4, -0.2) is 0 Å². The summed E-state index contributed by atoms with van der Waals surface area (Å²) in [6.45, 7) is 9.20. The topological polar surface area (TPSA) is 0 Å². The van der Waals surface area contributed by atoms with Crippen LogP contribution in [0.1, 0.15) is 329 Å². The van der Waals surface area contributed by atoms with Crippen LogP contribution in [0.3, 0.4) is 0 Å². The molecule has 0 amide bonds. The van der Waals surface area contributed by atoms with Crippen molar-refractivity contribution < 1.29 is 0 Å². The van der Waals surface area contributed by atoms with E-state index in [0.717, 1.165) is 0 Å². The van der Waals surface area contributed by atoms with Crippen LogP contribution in [0.5, 0.6) is 0 Å². The van der Waals surface area contributed by atoms with E-state index in [4.69, 9.17) is 0 Å². The van der Waals surface area contributed by atoms with Gasteiger partial charge in [0.25, 0.3) is 0 Å². The highest BCUT2D eigenvalue weighted by Crippen LogP contribution is 2.17. The molecule has 0 heteroatoms. The van der Waals surface area contributed by atoms with Crippen LogP contribution >= 0.6 is 0 Å². The van der Waals surface area contributed by atoms with E-state index in [1.165, 1.54) is 302 Å². The molecule has 0 saturated heterocycles. The lowest BCUT2D eigenvalue weighted by molar-refractivity contribution is 0.513. The van der Waals surface area contributed by atoms with Crippen LogP contribution < -0.4 is 0 Å². The van der Waals surface area contributed by atoms with Crippen molar-refractivity contribution in [1.29, 1.82) is 0 Å². The Bertz CT molecular complexity index is 476. The van der Waals surface area contributed by atoms with Gasteiger partial charge in [-0.1, -0.05) is 329 Å². The Kier molecular flexibility index (Phi) is 56.6. The van der Waals surface area contributed by atoms with E-state index in [9.17, 15) is 0 Å². The second kappa shape index (κ2) is 54.3. The first-order valence-corrected chi connectivity index (χ1v) is 25.3. The molecule has 0 nitrogen and oxygen atoms in total. The van der Waals surface area contributed by atoms with Crippen molar-refractivity contribution in [3.05, 3.63) is 0 Å². The maximum atomic E-state index is 2.31. The normalized spacial score (nSPS) is 11.3. The van der Waals surface area contributed by atoms with E-state index in [2.05, 4.69) is 27.7 Å². The molecule has 0 aliphatic carbocycles. The molecule has 0 rings (SSSR count). The van der Waals surface area contributed by atoms with Crippen LogP contribution in [0, 0.1) is 0 Å². The predicted molar refractivity (Wildman–Crippen MR) is 240 cm³/mol. The molecule has 0 fully saturated rings. The molecule has 0 saturated carbocycles. The second-order valence-corrected chi connectivity index (χ2v) is 17.2. The third-order valence-corrected chi connectivity index (χ3v) is 11.7. The lowest BCUT2D eigenvalue weighted by Crippen LogP contribution is -1.85. The summed E-state index contributed by atoms with van der Waals surface area (Å²) in [5, 5.41) is 0. The van der Waals surface area contributed by atoms with Crippen LogP contribution in [0.4, 0.5) is 0 Å². The summed E-state index contributed by atoms with van der Waals surface area (Å²) in [4.78, 5) is 0. The van der Waals surface area contributed by atoms with E-state index < -0.39 is 0 Å².